The lowest BCUT2D eigenvalue weighted by atomic mass is 9.98. The van der Waals surface area contributed by atoms with Crippen LogP contribution < -0.4 is 0 Å². The Morgan fingerprint density at radius 3 is 2.00 bits per heavy atom. The first kappa shape index (κ1) is 18.1. The zero-order chi connectivity index (χ0) is 15.4. The molecule has 0 spiro atoms. The maximum absolute atomic E-state index is 12.5. The molecule has 0 amide bonds. The molecule has 110 valence electrons. The molecule has 1 heterocycles. The topological polar surface area (TPSA) is 66.2 Å². The minimum atomic E-state index is -4.66. The van der Waals surface area contributed by atoms with Gasteiger partial charge >= 0.3 is 6.18 Å². The van der Waals surface area contributed by atoms with Gasteiger partial charge in [0.05, 0.1) is 5.60 Å². The zero-order valence-corrected chi connectivity index (χ0v) is 11.7. The Balaban J connectivity index is 0.000000711. The highest BCUT2D eigenvalue weighted by atomic mass is 35.5. The summed E-state index contributed by atoms with van der Waals surface area (Å²) in [6.07, 6.45) is -3.96. The SMILES string of the molecule is CC(C)(O)c1cnc(Cl)nc1C(F)(F)F.CC(C)O. The number of aromatic nitrogens is 2. The van der Waals surface area contributed by atoms with Gasteiger partial charge in [-0.3, -0.25) is 0 Å². The van der Waals surface area contributed by atoms with Gasteiger partial charge in [0.2, 0.25) is 5.28 Å². The summed E-state index contributed by atoms with van der Waals surface area (Å²) in [7, 11) is 0. The van der Waals surface area contributed by atoms with E-state index in [0.29, 0.717) is 0 Å². The number of hydrogen-bond acceptors (Lipinski definition) is 4. The van der Waals surface area contributed by atoms with Crippen LogP contribution in [-0.2, 0) is 11.8 Å². The fourth-order valence-electron chi connectivity index (χ4n) is 1.02. The Hall–Kier alpha value is -0.920. The van der Waals surface area contributed by atoms with Crippen LogP contribution in [0.4, 0.5) is 13.2 Å². The molecule has 0 aromatic carbocycles. The lowest BCUT2D eigenvalue weighted by Gasteiger charge is -2.21. The highest BCUT2D eigenvalue weighted by molar-refractivity contribution is 6.28. The predicted molar refractivity (Wildman–Crippen MR) is 64.6 cm³/mol. The van der Waals surface area contributed by atoms with E-state index in [1.165, 1.54) is 13.8 Å². The molecule has 8 heteroatoms. The summed E-state index contributed by atoms with van der Waals surface area (Å²) in [5.74, 6) is 0. The van der Waals surface area contributed by atoms with Gasteiger partial charge in [-0.2, -0.15) is 13.2 Å². The summed E-state index contributed by atoms with van der Waals surface area (Å²) in [5, 5.41) is 17.1. The van der Waals surface area contributed by atoms with Crippen molar-refractivity contribution in [2.45, 2.75) is 45.6 Å². The predicted octanol–water partition coefficient (Wildman–Crippen LogP) is 2.76. The first-order chi connectivity index (χ1) is 8.35. The second kappa shape index (κ2) is 6.49. The maximum Gasteiger partial charge on any atom is 0.433 e. The summed E-state index contributed by atoms with van der Waals surface area (Å²) in [4.78, 5) is 6.49. The first-order valence-electron chi connectivity index (χ1n) is 5.36. The van der Waals surface area contributed by atoms with E-state index >= 15 is 0 Å². The Kier molecular flexibility index (Phi) is 6.18. The van der Waals surface area contributed by atoms with Crippen LogP contribution in [0.1, 0.15) is 39.0 Å². The highest BCUT2D eigenvalue weighted by Gasteiger charge is 2.39. The van der Waals surface area contributed by atoms with Gasteiger partial charge in [0.15, 0.2) is 5.69 Å². The van der Waals surface area contributed by atoms with Gasteiger partial charge in [0.1, 0.15) is 0 Å². The molecule has 0 unspecified atom stereocenters. The van der Waals surface area contributed by atoms with Gasteiger partial charge in [0, 0.05) is 17.9 Å². The third kappa shape index (κ3) is 6.70. The van der Waals surface area contributed by atoms with E-state index in [-0.39, 0.29) is 6.10 Å². The maximum atomic E-state index is 12.5. The molecule has 0 aliphatic heterocycles. The van der Waals surface area contributed by atoms with Crippen molar-refractivity contribution < 1.29 is 23.4 Å². The van der Waals surface area contributed by atoms with Crippen molar-refractivity contribution in [3.05, 3.63) is 22.7 Å². The molecule has 1 aromatic heterocycles. The quantitative estimate of drug-likeness (QED) is 0.783. The smallest absolute Gasteiger partial charge is 0.394 e. The standard InChI is InChI=1S/C8H8ClF3N2O.C3H8O/c1-7(2,15)4-3-13-6(9)14-5(4)8(10,11)12;1-3(2)4/h3,15H,1-2H3;3-4H,1-2H3. The molecular formula is C11H16ClF3N2O2. The van der Waals surface area contributed by atoms with Crippen LogP contribution in [-0.4, -0.2) is 26.3 Å². The monoisotopic (exact) mass is 300 g/mol. The van der Waals surface area contributed by atoms with E-state index < -0.39 is 28.3 Å². The normalized spacial score (nSPS) is 12.2. The van der Waals surface area contributed by atoms with Gasteiger partial charge in [-0.25, -0.2) is 9.97 Å². The molecule has 0 aliphatic carbocycles. The van der Waals surface area contributed by atoms with E-state index in [0.717, 1.165) is 6.20 Å². The van der Waals surface area contributed by atoms with Gasteiger partial charge in [0.25, 0.3) is 0 Å². The molecular weight excluding hydrogens is 285 g/mol. The molecule has 19 heavy (non-hydrogen) atoms. The van der Waals surface area contributed by atoms with Crippen molar-refractivity contribution in [1.29, 1.82) is 0 Å². The molecule has 0 saturated heterocycles. The molecule has 4 nitrogen and oxygen atoms in total. The van der Waals surface area contributed by atoms with Crippen molar-refractivity contribution in [2.24, 2.45) is 0 Å². The third-order valence-corrected chi connectivity index (χ3v) is 1.87. The molecule has 0 saturated carbocycles. The average Bonchev–Trinajstić information content (AvgIpc) is 2.13. The average molecular weight is 301 g/mol. The highest BCUT2D eigenvalue weighted by Crippen LogP contribution is 2.35. The molecule has 0 aliphatic rings. The second-order valence-electron chi connectivity index (χ2n) is 4.55. The number of halogens is 4. The van der Waals surface area contributed by atoms with E-state index in [1.54, 1.807) is 13.8 Å². The summed E-state index contributed by atoms with van der Waals surface area (Å²) in [6.45, 7) is 5.88. The summed E-state index contributed by atoms with van der Waals surface area (Å²) < 4.78 is 37.5. The van der Waals surface area contributed by atoms with Gasteiger partial charge < -0.3 is 10.2 Å². The third-order valence-electron chi connectivity index (χ3n) is 1.69. The molecule has 0 atom stereocenters. The molecule has 1 aromatic rings. The lowest BCUT2D eigenvalue weighted by molar-refractivity contribution is -0.144. The fourth-order valence-corrected chi connectivity index (χ4v) is 1.16. The number of alkyl halides is 3. The van der Waals surface area contributed by atoms with Gasteiger partial charge in [-0.05, 0) is 39.3 Å². The van der Waals surface area contributed by atoms with Crippen molar-refractivity contribution in [3.8, 4) is 0 Å². The van der Waals surface area contributed by atoms with Crippen LogP contribution in [0.5, 0.6) is 0 Å². The van der Waals surface area contributed by atoms with Crippen molar-refractivity contribution in [3.63, 3.8) is 0 Å². The van der Waals surface area contributed by atoms with Crippen molar-refractivity contribution in [1.82, 2.24) is 9.97 Å². The van der Waals surface area contributed by atoms with E-state index in [2.05, 4.69) is 9.97 Å². The lowest BCUT2D eigenvalue weighted by Crippen LogP contribution is -2.24. The fraction of sp³-hybridized carbons (Fsp3) is 0.636. The Labute approximate surface area is 114 Å². The Morgan fingerprint density at radius 1 is 1.26 bits per heavy atom. The Bertz CT molecular complexity index is 415. The van der Waals surface area contributed by atoms with Gasteiger partial charge in [-0.1, -0.05) is 0 Å². The van der Waals surface area contributed by atoms with Crippen LogP contribution in [0.25, 0.3) is 0 Å². The van der Waals surface area contributed by atoms with E-state index in [9.17, 15) is 18.3 Å². The molecule has 0 radical (unpaired) electrons. The van der Waals surface area contributed by atoms with Crippen molar-refractivity contribution >= 4 is 11.6 Å². The van der Waals surface area contributed by atoms with Gasteiger partial charge in [-0.15, -0.1) is 0 Å². The van der Waals surface area contributed by atoms with Crippen LogP contribution in [0.15, 0.2) is 6.20 Å². The van der Waals surface area contributed by atoms with Crippen LogP contribution >= 0.6 is 11.6 Å². The number of hydrogen-bond donors (Lipinski definition) is 2. The summed E-state index contributed by atoms with van der Waals surface area (Å²) in [5.41, 5.74) is -3.29. The molecule has 1 rings (SSSR count). The largest absolute Gasteiger partial charge is 0.433 e. The second-order valence-corrected chi connectivity index (χ2v) is 4.89. The minimum Gasteiger partial charge on any atom is -0.394 e. The molecule has 2 N–H and O–H groups in total. The van der Waals surface area contributed by atoms with Crippen LogP contribution in [0.3, 0.4) is 0 Å². The number of rotatable bonds is 1. The Morgan fingerprint density at radius 2 is 1.68 bits per heavy atom. The number of nitrogens with zero attached hydrogens (tertiary/aromatic N) is 2. The minimum absolute atomic E-state index is 0.167. The first-order valence-corrected chi connectivity index (χ1v) is 5.74. The van der Waals surface area contributed by atoms with Crippen LogP contribution in [0.2, 0.25) is 5.28 Å². The van der Waals surface area contributed by atoms with Crippen molar-refractivity contribution in [2.75, 3.05) is 0 Å². The summed E-state index contributed by atoms with van der Waals surface area (Å²) >= 11 is 5.27. The number of aliphatic hydroxyl groups is 2. The molecule has 0 fully saturated rings. The van der Waals surface area contributed by atoms with E-state index in [1.807, 2.05) is 0 Å². The van der Waals surface area contributed by atoms with E-state index in [4.69, 9.17) is 16.7 Å². The molecule has 0 bridgehead atoms. The summed E-state index contributed by atoms with van der Waals surface area (Å²) in [6, 6.07) is 0. The number of aliphatic hydroxyl groups excluding tert-OH is 1. The van der Waals surface area contributed by atoms with Crippen LogP contribution in [0, 0.1) is 0 Å². The zero-order valence-electron chi connectivity index (χ0n) is 11.0.